The average molecular weight is 305 g/mol. The lowest BCUT2D eigenvalue weighted by atomic mass is 10.2. The van der Waals surface area contributed by atoms with Gasteiger partial charge in [-0.05, 0) is 35.5 Å². The molecule has 3 N–H and O–H groups in total. The molecule has 3 rings (SSSR count). The van der Waals surface area contributed by atoms with Gasteiger partial charge in [0.1, 0.15) is 5.82 Å². The van der Waals surface area contributed by atoms with Crippen LogP contribution in [0.25, 0.3) is 10.9 Å². The van der Waals surface area contributed by atoms with Gasteiger partial charge < -0.3 is 5.73 Å². The first kappa shape index (κ1) is 13.2. The Morgan fingerprint density at radius 2 is 2.05 bits per heavy atom. The summed E-state index contributed by atoms with van der Waals surface area (Å²) in [4.78, 5) is 5.35. The van der Waals surface area contributed by atoms with Gasteiger partial charge in [0.25, 0.3) is 16.0 Å². The second-order valence-corrected chi connectivity index (χ2v) is 5.98. The Labute approximate surface area is 119 Å². The first-order chi connectivity index (χ1) is 9.94. The van der Waals surface area contributed by atoms with Crippen LogP contribution in [0.5, 0.6) is 0 Å². The van der Waals surface area contributed by atoms with Crippen molar-refractivity contribution >= 4 is 32.7 Å². The summed E-state index contributed by atoms with van der Waals surface area (Å²) in [6, 6.07) is 7.84. The Morgan fingerprint density at radius 3 is 2.76 bits per heavy atom. The Bertz CT molecular complexity index is 919. The van der Waals surface area contributed by atoms with Gasteiger partial charge in [0.15, 0.2) is 0 Å². The number of nitrogen functional groups attached to an aromatic ring is 1. The maximum atomic E-state index is 12.2. The number of hydrogen-bond acceptors (Lipinski definition) is 7. The molecule has 0 fully saturated rings. The monoisotopic (exact) mass is 305 g/mol. The van der Waals surface area contributed by atoms with Crippen molar-refractivity contribution in [2.75, 3.05) is 10.5 Å². The summed E-state index contributed by atoms with van der Waals surface area (Å²) >= 11 is 0. The minimum absolute atomic E-state index is 0.0778. The van der Waals surface area contributed by atoms with Crippen LogP contribution in [0.3, 0.4) is 0 Å². The maximum Gasteiger partial charge on any atom is 0.277 e. The van der Waals surface area contributed by atoms with Crippen molar-refractivity contribution in [3.05, 3.63) is 30.3 Å². The van der Waals surface area contributed by atoms with Crippen LogP contribution in [0.4, 0.5) is 11.8 Å². The first-order valence-electron chi connectivity index (χ1n) is 5.87. The van der Waals surface area contributed by atoms with Crippen molar-refractivity contribution in [1.29, 1.82) is 0 Å². The highest BCUT2D eigenvalue weighted by molar-refractivity contribution is 7.92. The molecule has 3 aromatic rings. The minimum atomic E-state index is -3.79. The molecule has 2 heterocycles. The number of benzene rings is 1. The van der Waals surface area contributed by atoms with Crippen molar-refractivity contribution in [1.82, 2.24) is 25.2 Å². The molecule has 0 aliphatic rings. The maximum absolute atomic E-state index is 12.2. The van der Waals surface area contributed by atoms with Gasteiger partial charge in [-0.3, -0.25) is 0 Å². The highest BCUT2D eigenvalue weighted by atomic mass is 32.2. The SMILES string of the molecule is Cn1nnc(NS(=O)(=O)c2ccc3nc(N)ccc3c2)n1. The Morgan fingerprint density at radius 1 is 1.24 bits per heavy atom. The van der Waals surface area contributed by atoms with Gasteiger partial charge in [-0.15, -0.1) is 5.10 Å². The van der Waals surface area contributed by atoms with E-state index in [1.54, 1.807) is 18.2 Å². The smallest absolute Gasteiger partial charge is 0.277 e. The molecule has 0 atom stereocenters. The molecule has 2 aromatic heterocycles. The average Bonchev–Trinajstić information content (AvgIpc) is 2.82. The van der Waals surface area contributed by atoms with Gasteiger partial charge in [0, 0.05) is 5.39 Å². The summed E-state index contributed by atoms with van der Waals surface area (Å²) in [5, 5.41) is 11.6. The van der Waals surface area contributed by atoms with E-state index in [1.165, 1.54) is 19.2 Å². The van der Waals surface area contributed by atoms with Crippen molar-refractivity contribution < 1.29 is 8.42 Å². The van der Waals surface area contributed by atoms with Crippen molar-refractivity contribution in [3.8, 4) is 0 Å². The molecule has 0 radical (unpaired) electrons. The third-order valence-corrected chi connectivity index (χ3v) is 4.05. The van der Waals surface area contributed by atoms with Gasteiger partial charge in [0.2, 0.25) is 0 Å². The number of nitrogens with one attached hydrogen (secondary N) is 1. The number of pyridine rings is 1. The second-order valence-electron chi connectivity index (χ2n) is 4.30. The van der Waals surface area contributed by atoms with E-state index in [4.69, 9.17) is 5.73 Å². The van der Waals surface area contributed by atoms with Gasteiger partial charge in [-0.2, -0.15) is 4.80 Å². The summed E-state index contributed by atoms with van der Waals surface area (Å²) < 4.78 is 26.7. The number of aryl methyl sites for hydroxylation is 1. The van der Waals surface area contributed by atoms with Crippen LogP contribution in [0.1, 0.15) is 0 Å². The molecule has 0 spiro atoms. The van der Waals surface area contributed by atoms with E-state index in [1.807, 2.05) is 0 Å². The second kappa shape index (κ2) is 4.66. The van der Waals surface area contributed by atoms with Gasteiger partial charge in [-0.25, -0.2) is 18.1 Å². The minimum Gasteiger partial charge on any atom is -0.384 e. The molecule has 0 aliphatic heterocycles. The van der Waals surface area contributed by atoms with Crippen LogP contribution in [0.15, 0.2) is 35.2 Å². The molecule has 0 unspecified atom stereocenters. The molecule has 0 saturated carbocycles. The van der Waals surface area contributed by atoms with E-state index in [9.17, 15) is 8.42 Å². The zero-order valence-corrected chi connectivity index (χ0v) is 11.7. The fraction of sp³-hybridized carbons (Fsp3) is 0.0909. The number of fused-ring (bicyclic) bond motifs is 1. The first-order valence-corrected chi connectivity index (χ1v) is 7.35. The summed E-state index contributed by atoms with van der Waals surface area (Å²) in [6.45, 7) is 0. The van der Waals surface area contributed by atoms with E-state index < -0.39 is 10.0 Å². The molecular formula is C11H11N7O2S. The van der Waals surface area contributed by atoms with Crippen LogP contribution >= 0.6 is 0 Å². The Balaban J connectivity index is 2.00. The number of anilines is 2. The van der Waals surface area contributed by atoms with E-state index in [0.717, 1.165) is 4.80 Å². The van der Waals surface area contributed by atoms with E-state index in [2.05, 4.69) is 25.1 Å². The number of rotatable bonds is 3. The van der Waals surface area contributed by atoms with Crippen LogP contribution in [-0.2, 0) is 17.1 Å². The van der Waals surface area contributed by atoms with E-state index >= 15 is 0 Å². The van der Waals surface area contributed by atoms with E-state index in [-0.39, 0.29) is 10.8 Å². The van der Waals surface area contributed by atoms with E-state index in [0.29, 0.717) is 16.7 Å². The van der Waals surface area contributed by atoms with Crippen molar-refractivity contribution in [2.45, 2.75) is 4.90 Å². The number of nitrogens with two attached hydrogens (primary N) is 1. The van der Waals surface area contributed by atoms with Crippen LogP contribution in [-0.4, -0.2) is 33.6 Å². The standard InChI is InChI=1S/C11H11N7O2S/c1-18-15-11(14-17-18)16-21(19,20)8-3-4-9-7(6-8)2-5-10(12)13-9/h2-6H,1H3,(H2,12,13)(H,15,16). The lowest BCUT2D eigenvalue weighted by molar-refractivity contribution is 0.600. The lowest BCUT2D eigenvalue weighted by Gasteiger charge is -2.05. The fourth-order valence-electron chi connectivity index (χ4n) is 1.79. The Kier molecular flexibility index (Phi) is 2.94. The number of sulfonamides is 1. The molecule has 21 heavy (non-hydrogen) atoms. The molecule has 0 amide bonds. The lowest BCUT2D eigenvalue weighted by Crippen LogP contribution is -2.14. The molecule has 0 saturated heterocycles. The van der Waals surface area contributed by atoms with Crippen LogP contribution < -0.4 is 10.5 Å². The molecular weight excluding hydrogens is 294 g/mol. The number of aromatic nitrogens is 5. The predicted molar refractivity (Wildman–Crippen MR) is 75.8 cm³/mol. The molecule has 1 aromatic carbocycles. The number of hydrogen-bond donors (Lipinski definition) is 2. The summed E-state index contributed by atoms with van der Waals surface area (Å²) in [6.07, 6.45) is 0. The van der Waals surface area contributed by atoms with Crippen LogP contribution in [0.2, 0.25) is 0 Å². The molecule has 108 valence electrons. The van der Waals surface area contributed by atoms with Crippen molar-refractivity contribution in [3.63, 3.8) is 0 Å². The summed E-state index contributed by atoms with van der Waals surface area (Å²) in [7, 11) is -2.25. The highest BCUT2D eigenvalue weighted by Gasteiger charge is 2.17. The zero-order chi connectivity index (χ0) is 15.0. The highest BCUT2D eigenvalue weighted by Crippen LogP contribution is 2.20. The van der Waals surface area contributed by atoms with Gasteiger partial charge in [-0.1, -0.05) is 5.10 Å². The van der Waals surface area contributed by atoms with Gasteiger partial charge in [0.05, 0.1) is 17.5 Å². The quantitative estimate of drug-likeness (QED) is 0.704. The topological polar surface area (TPSA) is 129 Å². The normalized spacial score (nSPS) is 11.7. The zero-order valence-electron chi connectivity index (χ0n) is 10.9. The molecule has 0 bridgehead atoms. The summed E-state index contributed by atoms with van der Waals surface area (Å²) in [5.41, 5.74) is 6.20. The molecule has 9 nitrogen and oxygen atoms in total. The largest absolute Gasteiger partial charge is 0.384 e. The van der Waals surface area contributed by atoms with Gasteiger partial charge >= 0.3 is 0 Å². The number of nitrogens with zero attached hydrogens (tertiary/aromatic N) is 5. The molecule has 0 aliphatic carbocycles. The molecule has 10 heteroatoms. The fourth-order valence-corrected chi connectivity index (χ4v) is 2.76. The van der Waals surface area contributed by atoms with Crippen LogP contribution in [0, 0.1) is 0 Å². The number of tetrazole rings is 1. The van der Waals surface area contributed by atoms with Crippen molar-refractivity contribution in [2.24, 2.45) is 7.05 Å². The third-order valence-electron chi connectivity index (χ3n) is 2.73. The third kappa shape index (κ3) is 2.60. The Hall–Kier alpha value is -2.75. The summed E-state index contributed by atoms with van der Waals surface area (Å²) in [5.74, 6) is 0.285. The predicted octanol–water partition coefficient (Wildman–Crippen LogP) is 0.141.